The Hall–Kier alpha value is -2.82. The molecule has 1 aliphatic heterocycles. The van der Waals surface area contributed by atoms with Crippen LogP contribution in [0.15, 0.2) is 65.6 Å². The van der Waals surface area contributed by atoms with E-state index in [-0.39, 0.29) is 32.9 Å². The van der Waals surface area contributed by atoms with Gasteiger partial charge in [-0.05, 0) is 36.2 Å². The van der Waals surface area contributed by atoms with Gasteiger partial charge in [-0.1, -0.05) is 54.1 Å². The van der Waals surface area contributed by atoms with E-state index in [0.717, 1.165) is 13.2 Å². The van der Waals surface area contributed by atoms with E-state index in [4.69, 9.17) is 21.1 Å². The summed E-state index contributed by atoms with van der Waals surface area (Å²) in [7, 11) is -2.56. The minimum atomic E-state index is -4.66. The van der Waals surface area contributed by atoms with Crippen molar-refractivity contribution in [3.05, 3.63) is 88.2 Å². The average molecular weight is 572 g/mol. The highest BCUT2D eigenvalue weighted by Gasteiger charge is 2.42. The van der Waals surface area contributed by atoms with E-state index in [1.54, 1.807) is 42.5 Å². The van der Waals surface area contributed by atoms with Gasteiger partial charge >= 0.3 is 6.18 Å². The lowest BCUT2D eigenvalue weighted by Gasteiger charge is -2.45. The van der Waals surface area contributed by atoms with Crippen molar-refractivity contribution in [3.8, 4) is 11.5 Å². The topological polar surface area (TPSA) is 55.8 Å². The van der Waals surface area contributed by atoms with Gasteiger partial charge in [0.05, 0.1) is 23.7 Å². The van der Waals surface area contributed by atoms with Gasteiger partial charge in [0.25, 0.3) is 0 Å². The molecule has 0 bridgehead atoms. The van der Waals surface area contributed by atoms with E-state index >= 15 is 0 Å². The van der Waals surface area contributed by atoms with Gasteiger partial charge in [-0.25, -0.2) is 12.8 Å². The predicted octanol–water partition coefficient (Wildman–Crippen LogP) is 6.41. The van der Waals surface area contributed by atoms with Crippen LogP contribution in [0.25, 0.3) is 0 Å². The summed E-state index contributed by atoms with van der Waals surface area (Å²) in [6, 6.07) is 15.3. The number of methoxy groups -OCH3 is 1. The van der Waals surface area contributed by atoms with Crippen LogP contribution < -0.4 is 9.47 Å². The molecule has 2 atom stereocenters. The minimum absolute atomic E-state index is 0.0000864. The first-order valence-electron chi connectivity index (χ1n) is 11.7. The summed E-state index contributed by atoms with van der Waals surface area (Å²) in [5.41, 5.74) is 1.24. The van der Waals surface area contributed by atoms with Crippen LogP contribution in [-0.4, -0.2) is 52.1 Å². The summed E-state index contributed by atoms with van der Waals surface area (Å²) >= 11 is 5.96. The summed E-state index contributed by atoms with van der Waals surface area (Å²) < 4.78 is 91.3. The second kappa shape index (κ2) is 10.7. The van der Waals surface area contributed by atoms with Crippen LogP contribution in [0.3, 0.4) is 0 Å². The van der Waals surface area contributed by atoms with Crippen LogP contribution in [0, 0.1) is 5.82 Å². The van der Waals surface area contributed by atoms with Crippen molar-refractivity contribution < 1.29 is 35.5 Å². The molecule has 0 spiro atoms. The van der Waals surface area contributed by atoms with E-state index in [9.17, 15) is 26.0 Å². The molecule has 0 aliphatic carbocycles. The molecule has 0 N–H and O–H groups in total. The molecule has 3 aromatic rings. The van der Waals surface area contributed by atoms with Crippen LogP contribution in [0.5, 0.6) is 11.5 Å². The fourth-order valence-corrected chi connectivity index (χ4v) is 5.66. The normalized spacial score (nSPS) is 16.5. The second-order valence-corrected chi connectivity index (χ2v) is 11.6. The van der Waals surface area contributed by atoms with Crippen molar-refractivity contribution in [2.24, 2.45) is 0 Å². The van der Waals surface area contributed by atoms with Gasteiger partial charge in [0.1, 0.15) is 22.2 Å². The van der Waals surface area contributed by atoms with E-state index in [1.165, 1.54) is 25.3 Å². The molecule has 204 valence electrons. The summed E-state index contributed by atoms with van der Waals surface area (Å²) in [5.74, 6) is -1.02. The first-order valence-corrected chi connectivity index (χ1v) is 14.0. The molecule has 38 heavy (non-hydrogen) atoms. The monoisotopic (exact) mass is 571 g/mol. The van der Waals surface area contributed by atoms with Crippen molar-refractivity contribution in [3.63, 3.8) is 0 Å². The molecule has 1 fully saturated rings. The van der Waals surface area contributed by atoms with Crippen molar-refractivity contribution in [2.75, 3.05) is 26.5 Å². The molecule has 11 heteroatoms. The van der Waals surface area contributed by atoms with Gasteiger partial charge in [-0.2, -0.15) is 13.2 Å². The number of hydrogen-bond acceptors (Lipinski definition) is 5. The SMILES string of the molecule is COc1c(S(C)(=O)=O)ccc(O[C@@H](C)C(F)(F)F)c1C(c1ccccc1)N1CC(c2cccc(Cl)c2F)C1. The Morgan fingerprint density at radius 1 is 1.03 bits per heavy atom. The third kappa shape index (κ3) is 5.62. The molecule has 1 aliphatic rings. The maximum Gasteiger partial charge on any atom is 0.425 e. The number of benzene rings is 3. The maximum absolute atomic E-state index is 14.7. The first kappa shape index (κ1) is 28.2. The number of halogens is 5. The molecule has 1 unspecified atom stereocenters. The number of sulfone groups is 1. The van der Waals surface area contributed by atoms with Crippen molar-refractivity contribution in [1.82, 2.24) is 4.90 Å². The number of ether oxygens (including phenoxy) is 2. The summed E-state index contributed by atoms with van der Waals surface area (Å²) in [4.78, 5) is 1.73. The largest absolute Gasteiger partial charge is 0.495 e. The van der Waals surface area contributed by atoms with Gasteiger partial charge in [0, 0.05) is 25.3 Å². The van der Waals surface area contributed by atoms with E-state index in [2.05, 4.69) is 0 Å². The summed E-state index contributed by atoms with van der Waals surface area (Å²) in [6.45, 7) is 1.54. The molecule has 0 aromatic heterocycles. The first-order chi connectivity index (χ1) is 17.8. The smallest absolute Gasteiger partial charge is 0.425 e. The number of rotatable bonds is 8. The Balaban J connectivity index is 1.86. The van der Waals surface area contributed by atoms with Gasteiger partial charge in [0.2, 0.25) is 0 Å². The predicted molar refractivity (Wildman–Crippen MR) is 136 cm³/mol. The average Bonchev–Trinajstić information content (AvgIpc) is 2.82. The molecule has 0 amide bonds. The Morgan fingerprint density at radius 2 is 1.68 bits per heavy atom. The minimum Gasteiger partial charge on any atom is -0.495 e. The van der Waals surface area contributed by atoms with Crippen molar-refractivity contribution in [2.45, 2.75) is 36.1 Å². The van der Waals surface area contributed by atoms with Crippen LogP contribution in [0.4, 0.5) is 17.6 Å². The van der Waals surface area contributed by atoms with Crippen LogP contribution in [0.1, 0.15) is 35.6 Å². The molecule has 3 aromatic carbocycles. The van der Waals surface area contributed by atoms with Gasteiger partial charge < -0.3 is 9.47 Å². The second-order valence-electron chi connectivity index (χ2n) is 9.19. The molecule has 0 saturated carbocycles. The van der Waals surface area contributed by atoms with Crippen molar-refractivity contribution >= 4 is 21.4 Å². The molecular formula is C27H26ClF4NO4S. The zero-order chi connectivity index (χ0) is 27.8. The summed E-state index contributed by atoms with van der Waals surface area (Å²) in [5, 5.41) is -0.0000864. The number of alkyl halides is 3. The Bertz CT molecular complexity index is 1410. The van der Waals surface area contributed by atoms with Crippen molar-refractivity contribution in [1.29, 1.82) is 0 Å². The molecular weight excluding hydrogens is 546 g/mol. The number of likely N-dealkylation sites (tertiary alicyclic amines) is 1. The maximum atomic E-state index is 14.7. The molecule has 5 nitrogen and oxygen atoms in total. The Kier molecular flexibility index (Phi) is 7.97. The zero-order valence-corrected chi connectivity index (χ0v) is 22.4. The fourth-order valence-electron chi connectivity index (χ4n) is 4.63. The lowest BCUT2D eigenvalue weighted by atomic mass is 9.85. The molecule has 4 rings (SSSR count). The van der Waals surface area contributed by atoms with Gasteiger partial charge in [0.15, 0.2) is 15.9 Å². The third-order valence-corrected chi connectivity index (χ3v) is 7.99. The summed E-state index contributed by atoms with van der Waals surface area (Å²) in [6.07, 6.45) is -5.84. The quantitative estimate of drug-likeness (QED) is 0.293. The van der Waals surface area contributed by atoms with Crippen LogP contribution >= 0.6 is 11.6 Å². The Labute approximate surface area is 223 Å². The zero-order valence-electron chi connectivity index (χ0n) is 20.8. The molecule has 0 radical (unpaired) electrons. The van der Waals surface area contributed by atoms with Crippen LogP contribution in [0.2, 0.25) is 5.02 Å². The van der Waals surface area contributed by atoms with Gasteiger partial charge in [-0.15, -0.1) is 0 Å². The highest BCUT2D eigenvalue weighted by molar-refractivity contribution is 7.90. The lowest BCUT2D eigenvalue weighted by Crippen LogP contribution is -2.47. The van der Waals surface area contributed by atoms with E-state index in [1.807, 2.05) is 4.90 Å². The molecule has 1 saturated heterocycles. The fraction of sp³-hybridized carbons (Fsp3) is 0.333. The molecule has 1 heterocycles. The Morgan fingerprint density at radius 3 is 2.26 bits per heavy atom. The highest BCUT2D eigenvalue weighted by atomic mass is 35.5. The third-order valence-electron chi connectivity index (χ3n) is 6.57. The van der Waals surface area contributed by atoms with E-state index in [0.29, 0.717) is 24.2 Å². The highest BCUT2D eigenvalue weighted by Crippen LogP contribution is 2.48. The standard InChI is InChI=1S/C27H26ClF4NO4S/c1-16(27(30,31)32)37-21-12-13-22(38(3,34)35)26(36-2)23(21)25(17-8-5-4-6-9-17)33-14-18(15-33)19-10-7-11-20(28)24(19)29/h4-13,16,18,25H,14-15H2,1-3H3/t16-,25?/m0/s1. The number of nitrogens with zero attached hydrogens (tertiary/aromatic N) is 1. The number of hydrogen-bond donors (Lipinski definition) is 0. The van der Waals surface area contributed by atoms with Gasteiger partial charge in [-0.3, -0.25) is 4.90 Å². The lowest BCUT2D eigenvalue weighted by molar-refractivity contribution is -0.189. The van der Waals surface area contributed by atoms with Crippen LogP contribution in [-0.2, 0) is 9.84 Å². The van der Waals surface area contributed by atoms with E-state index < -0.39 is 34.0 Å².